The first-order chi connectivity index (χ1) is 16.2. The van der Waals surface area contributed by atoms with Crippen LogP contribution in [0.4, 0.5) is 17.1 Å². The number of methoxy groups -OCH3 is 1. The SMILES string of the molecule is COc1cccc(C=Nc2ccc(N3CCOCC3)cc2)c1OCC(=O)Nc1ccccc1. The molecule has 0 atom stereocenters. The Bertz CT molecular complexity index is 1080. The Labute approximate surface area is 193 Å². The van der Waals surface area contributed by atoms with Crippen LogP contribution in [0.25, 0.3) is 0 Å². The van der Waals surface area contributed by atoms with Gasteiger partial charge in [-0.25, -0.2) is 0 Å². The van der Waals surface area contributed by atoms with Crippen molar-refractivity contribution >= 4 is 29.2 Å². The molecular weight excluding hydrogens is 418 g/mol. The van der Waals surface area contributed by atoms with Gasteiger partial charge in [-0.15, -0.1) is 0 Å². The van der Waals surface area contributed by atoms with E-state index < -0.39 is 0 Å². The highest BCUT2D eigenvalue weighted by molar-refractivity contribution is 5.92. The molecule has 0 saturated carbocycles. The molecule has 1 aliphatic rings. The van der Waals surface area contributed by atoms with E-state index in [1.54, 1.807) is 19.4 Å². The fraction of sp³-hybridized carbons (Fsp3) is 0.231. The minimum absolute atomic E-state index is 0.148. The number of nitrogens with one attached hydrogen (secondary N) is 1. The molecule has 7 nitrogen and oxygen atoms in total. The number of rotatable bonds is 8. The number of hydrogen-bond acceptors (Lipinski definition) is 6. The van der Waals surface area contributed by atoms with Gasteiger partial charge in [0.15, 0.2) is 18.1 Å². The van der Waals surface area contributed by atoms with Crippen molar-refractivity contribution in [3.63, 3.8) is 0 Å². The number of amides is 1. The average Bonchev–Trinajstić information content (AvgIpc) is 2.87. The molecule has 1 fully saturated rings. The third kappa shape index (κ3) is 6.11. The van der Waals surface area contributed by atoms with Crippen molar-refractivity contribution < 1.29 is 19.0 Å². The van der Waals surface area contributed by atoms with Crippen molar-refractivity contribution in [1.29, 1.82) is 0 Å². The first-order valence-corrected chi connectivity index (χ1v) is 10.8. The molecule has 1 amide bonds. The van der Waals surface area contributed by atoms with Gasteiger partial charge in [-0.05, 0) is 48.5 Å². The third-order valence-corrected chi connectivity index (χ3v) is 5.21. The van der Waals surface area contributed by atoms with Crippen LogP contribution in [-0.2, 0) is 9.53 Å². The lowest BCUT2D eigenvalue weighted by Crippen LogP contribution is -2.36. The van der Waals surface area contributed by atoms with Crippen molar-refractivity contribution in [1.82, 2.24) is 0 Å². The Hall–Kier alpha value is -3.84. The number of anilines is 2. The molecule has 7 heteroatoms. The molecule has 170 valence electrons. The van der Waals surface area contributed by atoms with Crippen molar-refractivity contribution in [2.24, 2.45) is 4.99 Å². The lowest BCUT2D eigenvalue weighted by atomic mass is 10.2. The fourth-order valence-electron chi connectivity index (χ4n) is 3.52. The van der Waals surface area contributed by atoms with Gasteiger partial charge in [-0.3, -0.25) is 9.79 Å². The molecule has 0 radical (unpaired) electrons. The summed E-state index contributed by atoms with van der Waals surface area (Å²) in [4.78, 5) is 19.2. The van der Waals surface area contributed by atoms with E-state index in [0.717, 1.165) is 43.2 Å². The smallest absolute Gasteiger partial charge is 0.262 e. The minimum Gasteiger partial charge on any atom is -0.493 e. The van der Waals surface area contributed by atoms with Crippen molar-refractivity contribution in [2.75, 3.05) is 50.2 Å². The number of para-hydroxylation sites is 2. The van der Waals surface area contributed by atoms with E-state index in [-0.39, 0.29) is 12.5 Å². The van der Waals surface area contributed by atoms with Crippen molar-refractivity contribution in [3.8, 4) is 11.5 Å². The first-order valence-electron chi connectivity index (χ1n) is 10.8. The molecule has 3 aromatic rings. The van der Waals surface area contributed by atoms with Gasteiger partial charge >= 0.3 is 0 Å². The summed E-state index contributed by atoms with van der Waals surface area (Å²) in [6, 6.07) is 22.9. The monoisotopic (exact) mass is 445 g/mol. The van der Waals surface area contributed by atoms with Crippen molar-refractivity contribution in [2.45, 2.75) is 0 Å². The Kier molecular flexibility index (Phi) is 7.56. The maximum atomic E-state index is 12.3. The summed E-state index contributed by atoms with van der Waals surface area (Å²) in [5.74, 6) is 0.750. The quantitative estimate of drug-likeness (QED) is 0.524. The van der Waals surface area contributed by atoms with Crippen LogP contribution in [0.5, 0.6) is 11.5 Å². The Morgan fingerprint density at radius 3 is 2.52 bits per heavy atom. The highest BCUT2D eigenvalue weighted by atomic mass is 16.5. The van der Waals surface area contributed by atoms with Gasteiger partial charge in [0.05, 0.1) is 26.0 Å². The number of benzene rings is 3. The number of morpholine rings is 1. The van der Waals surface area contributed by atoms with Crippen LogP contribution in [-0.4, -0.2) is 52.1 Å². The van der Waals surface area contributed by atoms with E-state index in [1.165, 1.54) is 0 Å². The number of hydrogen-bond donors (Lipinski definition) is 1. The number of aliphatic imine (C=N–C) groups is 1. The predicted octanol–water partition coefficient (Wildman–Crippen LogP) is 4.30. The van der Waals surface area contributed by atoms with E-state index in [0.29, 0.717) is 17.2 Å². The fourth-order valence-corrected chi connectivity index (χ4v) is 3.52. The van der Waals surface area contributed by atoms with Gasteiger partial charge in [0, 0.05) is 36.2 Å². The lowest BCUT2D eigenvalue weighted by Gasteiger charge is -2.28. The van der Waals surface area contributed by atoms with E-state index in [1.807, 2.05) is 54.6 Å². The van der Waals surface area contributed by atoms with Gasteiger partial charge in [0.1, 0.15) is 0 Å². The molecule has 0 spiro atoms. The molecule has 1 heterocycles. The van der Waals surface area contributed by atoms with E-state index in [2.05, 4.69) is 27.3 Å². The molecule has 1 aliphatic heterocycles. The van der Waals surface area contributed by atoms with E-state index in [9.17, 15) is 4.79 Å². The van der Waals surface area contributed by atoms with Crippen molar-refractivity contribution in [3.05, 3.63) is 78.4 Å². The number of carbonyl (C=O) groups excluding carboxylic acids is 1. The third-order valence-electron chi connectivity index (χ3n) is 5.21. The zero-order chi connectivity index (χ0) is 22.9. The maximum Gasteiger partial charge on any atom is 0.262 e. The first kappa shape index (κ1) is 22.4. The van der Waals surface area contributed by atoms with Crippen LogP contribution < -0.4 is 19.7 Å². The van der Waals surface area contributed by atoms with E-state index >= 15 is 0 Å². The standard InChI is InChI=1S/C26H27N3O4/c1-31-24-9-5-6-20(26(24)33-19-25(30)28-22-7-3-2-4-8-22)18-27-21-10-12-23(13-11-21)29-14-16-32-17-15-29/h2-13,18H,14-17,19H2,1H3,(H,28,30). The normalized spacial score (nSPS) is 13.7. The zero-order valence-corrected chi connectivity index (χ0v) is 18.6. The molecule has 0 bridgehead atoms. The molecule has 1 N–H and O–H groups in total. The molecule has 0 aliphatic carbocycles. The Balaban J connectivity index is 1.44. The molecule has 1 saturated heterocycles. The maximum absolute atomic E-state index is 12.3. The summed E-state index contributed by atoms with van der Waals surface area (Å²) in [5, 5.41) is 2.81. The topological polar surface area (TPSA) is 72.4 Å². The van der Waals surface area contributed by atoms with Gasteiger partial charge < -0.3 is 24.4 Å². The number of nitrogens with zero attached hydrogens (tertiary/aromatic N) is 2. The second kappa shape index (κ2) is 11.2. The molecular formula is C26H27N3O4. The highest BCUT2D eigenvalue weighted by Crippen LogP contribution is 2.31. The Morgan fingerprint density at radius 2 is 1.79 bits per heavy atom. The van der Waals surface area contributed by atoms with Crippen LogP contribution in [0.3, 0.4) is 0 Å². The van der Waals surface area contributed by atoms with Crippen LogP contribution in [0.15, 0.2) is 77.8 Å². The second-order valence-electron chi connectivity index (χ2n) is 7.46. The van der Waals surface area contributed by atoms with Crippen LogP contribution in [0.1, 0.15) is 5.56 Å². The van der Waals surface area contributed by atoms with E-state index in [4.69, 9.17) is 14.2 Å². The lowest BCUT2D eigenvalue weighted by molar-refractivity contribution is -0.118. The largest absolute Gasteiger partial charge is 0.493 e. The zero-order valence-electron chi connectivity index (χ0n) is 18.6. The summed E-state index contributed by atoms with van der Waals surface area (Å²) in [6.07, 6.45) is 1.72. The summed E-state index contributed by atoms with van der Waals surface area (Å²) in [5.41, 5.74) is 3.42. The highest BCUT2D eigenvalue weighted by Gasteiger charge is 2.13. The summed E-state index contributed by atoms with van der Waals surface area (Å²) in [6.45, 7) is 3.14. The number of carbonyl (C=O) groups is 1. The van der Waals surface area contributed by atoms with Crippen LogP contribution in [0.2, 0.25) is 0 Å². The summed E-state index contributed by atoms with van der Waals surface area (Å²) >= 11 is 0. The molecule has 0 unspecified atom stereocenters. The predicted molar refractivity (Wildman–Crippen MR) is 130 cm³/mol. The molecule has 0 aromatic heterocycles. The Morgan fingerprint density at radius 1 is 1.03 bits per heavy atom. The average molecular weight is 446 g/mol. The summed E-state index contributed by atoms with van der Waals surface area (Å²) in [7, 11) is 1.57. The van der Waals surface area contributed by atoms with Gasteiger partial charge in [-0.2, -0.15) is 0 Å². The van der Waals surface area contributed by atoms with Crippen LogP contribution in [0, 0.1) is 0 Å². The molecule has 4 rings (SSSR count). The van der Waals surface area contributed by atoms with Gasteiger partial charge in [-0.1, -0.05) is 24.3 Å². The number of ether oxygens (including phenoxy) is 3. The summed E-state index contributed by atoms with van der Waals surface area (Å²) < 4.78 is 16.7. The second-order valence-corrected chi connectivity index (χ2v) is 7.46. The van der Waals surface area contributed by atoms with Gasteiger partial charge in [0.25, 0.3) is 5.91 Å². The molecule has 33 heavy (non-hydrogen) atoms. The van der Waals surface area contributed by atoms with Crippen LogP contribution >= 0.6 is 0 Å². The molecule has 3 aromatic carbocycles. The van der Waals surface area contributed by atoms with Gasteiger partial charge in [0.2, 0.25) is 0 Å². The minimum atomic E-state index is -0.256.